The minimum absolute atomic E-state index is 0.0120. The molecule has 0 saturated heterocycles. The molecule has 0 aliphatic carbocycles. The normalized spacial score (nSPS) is 14.8. The Labute approximate surface area is 132 Å². The van der Waals surface area contributed by atoms with Gasteiger partial charge in [0.05, 0.1) is 6.54 Å². The Morgan fingerprint density at radius 3 is 2.59 bits per heavy atom. The van der Waals surface area contributed by atoms with E-state index in [0.717, 1.165) is 17.3 Å². The van der Waals surface area contributed by atoms with Crippen LogP contribution >= 0.6 is 11.6 Å². The molecule has 0 bridgehead atoms. The molecule has 1 aromatic carbocycles. The van der Waals surface area contributed by atoms with Gasteiger partial charge in [-0.15, -0.1) is 0 Å². The van der Waals surface area contributed by atoms with Crippen molar-refractivity contribution in [3.05, 3.63) is 34.6 Å². The second kappa shape index (κ2) is 6.88. The zero-order chi connectivity index (χ0) is 17.1. The van der Waals surface area contributed by atoms with E-state index in [9.17, 15) is 22.7 Å². The Morgan fingerprint density at radius 2 is 2.09 bits per heavy atom. The summed E-state index contributed by atoms with van der Waals surface area (Å²) < 4.78 is 40.3. The summed E-state index contributed by atoms with van der Waals surface area (Å²) in [4.78, 5) is 10.7. The third-order valence-electron chi connectivity index (χ3n) is 2.91. The fraction of sp³-hybridized carbons (Fsp3) is 0.417. The van der Waals surface area contributed by atoms with Crippen molar-refractivity contribution in [3.8, 4) is 0 Å². The first kappa shape index (κ1) is 18.8. The number of nitrogens with one attached hydrogen (secondary N) is 1. The molecule has 1 unspecified atom stereocenters. The van der Waals surface area contributed by atoms with Gasteiger partial charge < -0.3 is 10.2 Å². The van der Waals surface area contributed by atoms with Gasteiger partial charge in [0.25, 0.3) is 10.2 Å². The highest BCUT2D eigenvalue weighted by molar-refractivity contribution is 7.87. The van der Waals surface area contributed by atoms with Gasteiger partial charge in [-0.3, -0.25) is 0 Å². The highest BCUT2D eigenvalue weighted by Crippen LogP contribution is 2.21. The quantitative estimate of drug-likeness (QED) is 0.664. The van der Waals surface area contributed by atoms with Crippen molar-refractivity contribution in [1.82, 2.24) is 9.03 Å². The molecule has 1 rings (SSSR count). The molecule has 3 N–H and O–H groups in total. The Balaban J connectivity index is 2.84. The summed E-state index contributed by atoms with van der Waals surface area (Å²) in [6, 6.07) is 3.95. The van der Waals surface area contributed by atoms with Gasteiger partial charge >= 0.3 is 5.97 Å². The van der Waals surface area contributed by atoms with E-state index in [4.69, 9.17) is 16.7 Å². The van der Waals surface area contributed by atoms with Crippen molar-refractivity contribution in [2.24, 2.45) is 0 Å². The fourth-order valence-electron chi connectivity index (χ4n) is 1.41. The highest BCUT2D eigenvalue weighted by Gasteiger charge is 2.32. The predicted octanol–water partition coefficient (Wildman–Crippen LogP) is 0.581. The van der Waals surface area contributed by atoms with E-state index in [-0.39, 0.29) is 17.1 Å². The number of carboxylic acid groups (broad SMARTS) is 1. The van der Waals surface area contributed by atoms with Crippen LogP contribution in [0.25, 0.3) is 0 Å². The molecule has 0 amide bonds. The van der Waals surface area contributed by atoms with Crippen molar-refractivity contribution < 1.29 is 27.8 Å². The van der Waals surface area contributed by atoms with Gasteiger partial charge in [0.2, 0.25) is 0 Å². The van der Waals surface area contributed by atoms with Gasteiger partial charge in [-0.2, -0.15) is 17.4 Å². The zero-order valence-corrected chi connectivity index (χ0v) is 13.4. The smallest absolute Gasteiger partial charge is 0.336 e. The van der Waals surface area contributed by atoms with E-state index in [1.165, 1.54) is 19.2 Å². The maximum atomic E-state index is 13.6. The minimum Gasteiger partial charge on any atom is -0.479 e. The summed E-state index contributed by atoms with van der Waals surface area (Å²) in [5.41, 5.74) is -2.27. The van der Waals surface area contributed by atoms with Crippen molar-refractivity contribution in [2.45, 2.75) is 19.1 Å². The van der Waals surface area contributed by atoms with Crippen LogP contribution in [0.3, 0.4) is 0 Å². The molecule has 0 aliphatic heterocycles. The van der Waals surface area contributed by atoms with Crippen LogP contribution in [-0.2, 0) is 21.5 Å². The molecule has 0 radical (unpaired) electrons. The van der Waals surface area contributed by atoms with Crippen LogP contribution in [0.2, 0.25) is 5.02 Å². The Morgan fingerprint density at radius 1 is 1.50 bits per heavy atom. The average Bonchev–Trinajstić information content (AvgIpc) is 2.40. The van der Waals surface area contributed by atoms with E-state index in [1.807, 2.05) is 4.72 Å². The molecular weight excluding hydrogens is 339 g/mol. The lowest BCUT2D eigenvalue weighted by Gasteiger charge is -2.22. The second-order valence-electron chi connectivity index (χ2n) is 4.86. The van der Waals surface area contributed by atoms with E-state index in [2.05, 4.69) is 0 Å². The number of hydrogen-bond acceptors (Lipinski definition) is 4. The van der Waals surface area contributed by atoms with Crippen LogP contribution in [0, 0.1) is 5.82 Å². The number of rotatable bonds is 7. The molecule has 22 heavy (non-hydrogen) atoms. The Kier molecular flexibility index (Phi) is 5.88. The molecule has 0 aliphatic rings. The number of hydrogen-bond donors (Lipinski definition) is 3. The summed E-state index contributed by atoms with van der Waals surface area (Å²) in [6.45, 7) is -0.137. The molecule has 124 valence electrons. The van der Waals surface area contributed by atoms with Gasteiger partial charge in [-0.25, -0.2) is 9.18 Å². The number of aliphatic carboxylic acids is 1. The Hall–Kier alpha value is -1.26. The van der Waals surface area contributed by atoms with Gasteiger partial charge in [0.15, 0.2) is 5.60 Å². The molecule has 0 aromatic heterocycles. The lowest BCUT2D eigenvalue weighted by molar-refractivity contribution is -0.155. The fourth-order valence-corrected chi connectivity index (χ4v) is 2.61. The molecule has 7 nitrogen and oxygen atoms in total. The molecule has 0 heterocycles. The third-order valence-corrected chi connectivity index (χ3v) is 4.73. The van der Waals surface area contributed by atoms with Crippen molar-refractivity contribution >= 4 is 27.8 Å². The van der Waals surface area contributed by atoms with Gasteiger partial charge in [0.1, 0.15) is 5.82 Å². The van der Waals surface area contributed by atoms with Crippen LogP contribution in [0.5, 0.6) is 0 Å². The molecule has 0 fully saturated rings. The van der Waals surface area contributed by atoms with E-state index >= 15 is 0 Å². The number of aliphatic hydroxyl groups is 1. The number of nitrogens with zero attached hydrogens (tertiary/aromatic N) is 1. The lowest BCUT2D eigenvalue weighted by atomic mass is 10.1. The maximum absolute atomic E-state index is 13.6. The van der Waals surface area contributed by atoms with Crippen molar-refractivity contribution in [2.75, 3.05) is 13.6 Å². The Bertz CT molecular complexity index is 645. The molecule has 1 aromatic rings. The second-order valence-corrected chi connectivity index (χ2v) is 7.13. The summed E-state index contributed by atoms with van der Waals surface area (Å²) in [7, 11) is -2.96. The molecule has 0 spiro atoms. The van der Waals surface area contributed by atoms with Gasteiger partial charge in [-0.1, -0.05) is 17.7 Å². The van der Waals surface area contributed by atoms with Gasteiger partial charge in [-0.05, 0) is 19.1 Å². The minimum atomic E-state index is -4.12. The first-order chi connectivity index (χ1) is 9.97. The maximum Gasteiger partial charge on any atom is 0.336 e. The number of carboxylic acids is 1. The van der Waals surface area contributed by atoms with Gasteiger partial charge in [0, 0.05) is 24.2 Å². The summed E-state index contributed by atoms with van der Waals surface area (Å²) in [6.07, 6.45) is 0. The van der Waals surface area contributed by atoms with Crippen LogP contribution < -0.4 is 4.72 Å². The standard InChI is InChI=1S/C12H16ClFN2O5S/c1-12(19,11(17)18)7-15-22(20,21)16(2)6-8-9(13)4-3-5-10(8)14/h3-5,15,19H,6-7H2,1-2H3,(H,17,18). The molecule has 1 atom stereocenters. The summed E-state index contributed by atoms with van der Waals surface area (Å²) in [5, 5.41) is 18.3. The zero-order valence-electron chi connectivity index (χ0n) is 11.9. The predicted molar refractivity (Wildman–Crippen MR) is 78.1 cm³/mol. The average molecular weight is 355 g/mol. The van der Waals surface area contributed by atoms with Crippen LogP contribution in [0.15, 0.2) is 18.2 Å². The van der Waals surface area contributed by atoms with Crippen LogP contribution in [0.1, 0.15) is 12.5 Å². The van der Waals surface area contributed by atoms with E-state index in [1.54, 1.807) is 0 Å². The van der Waals surface area contributed by atoms with Crippen molar-refractivity contribution in [3.63, 3.8) is 0 Å². The van der Waals surface area contributed by atoms with Crippen LogP contribution in [0.4, 0.5) is 4.39 Å². The largest absolute Gasteiger partial charge is 0.479 e. The summed E-state index contributed by atoms with van der Waals surface area (Å²) >= 11 is 5.82. The number of carbonyl (C=O) groups is 1. The monoisotopic (exact) mass is 354 g/mol. The molecule has 0 saturated carbocycles. The first-order valence-corrected chi connectivity index (χ1v) is 7.89. The summed E-state index contributed by atoms with van der Waals surface area (Å²) in [5.74, 6) is -2.23. The first-order valence-electron chi connectivity index (χ1n) is 6.07. The number of halogens is 2. The molecular formula is C12H16ClFN2O5S. The van der Waals surface area contributed by atoms with Crippen LogP contribution in [-0.4, -0.2) is 48.1 Å². The van der Waals surface area contributed by atoms with Crippen molar-refractivity contribution in [1.29, 1.82) is 0 Å². The number of benzene rings is 1. The lowest BCUT2D eigenvalue weighted by Crippen LogP contribution is -2.49. The van der Waals surface area contributed by atoms with E-state index < -0.39 is 34.1 Å². The topological polar surface area (TPSA) is 107 Å². The third kappa shape index (κ3) is 4.62. The van der Waals surface area contributed by atoms with E-state index in [0.29, 0.717) is 0 Å². The SMILES string of the molecule is CN(Cc1c(F)cccc1Cl)S(=O)(=O)NCC(C)(O)C(=O)O. The molecule has 10 heteroatoms. The highest BCUT2D eigenvalue weighted by atomic mass is 35.5.